The highest BCUT2D eigenvalue weighted by Gasteiger charge is 2.29. The topological polar surface area (TPSA) is 65.5 Å². The monoisotopic (exact) mass is 263 g/mol. The van der Waals surface area contributed by atoms with Crippen LogP contribution in [0.15, 0.2) is 18.2 Å². The fourth-order valence-electron chi connectivity index (χ4n) is 2.23. The van der Waals surface area contributed by atoms with E-state index in [2.05, 4.69) is 10.3 Å². The van der Waals surface area contributed by atoms with Gasteiger partial charge in [-0.05, 0) is 37.8 Å². The summed E-state index contributed by atoms with van der Waals surface area (Å²) in [7, 11) is 1.78. The van der Waals surface area contributed by atoms with Gasteiger partial charge in [0.05, 0.1) is 0 Å². The van der Waals surface area contributed by atoms with Crippen molar-refractivity contribution < 1.29 is 9.90 Å². The van der Waals surface area contributed by atoms with Crippen molar-refractivity contribution >= 4 is 11.7 Å². The van der Waals surface area contributed by atoms with Crippen molar-refractivity contribution in [3.63, 3.8) is 0 Å². The predicted octanol–water partition coefficient (Wildman–Crippen LogP) is 1.50. The highest BCUT2D eigenvalue weighted by molar-refractivity contribution is 5.93. The van der Waals surface area contributed by atoms with Crippen LogP contribution in [-0.2, 0) is 0 Å². The second-order valence-electron chi connectivity index (χ2n) is 4.82. The lowest BCUT2D eigenvalue weighted by atomic mass is 9.91. The molecule has 1 saturated carbocycles. The number of carbonyl (C=O) groups excluding carboxylic acids is 1. The lowest BCUT2D eigenvalue weighted by Gasteiger charge is -2.37. The molecule has 1 aromatic rings. The molecular weight excluding hydrogens is 242 g/mol. The molecule has 5 heteroatoms. The van der Waals surface area contributed by atoms with Gasteiger partial charge in [0, 0.05) is 26.2 Å². The number of amides is 1. The van der Waals surface area contributed by atoms with Crippen LogP contribution in [0.5, 0.6) is 0 Å². The summed E-state index contributed by atoms with van der Waals surface area (Å²) in [5.74, 6) is 0.664. The molecule has 2 N–H and O–H groups in total. The molecule has 0 bridgehead atoms. The predicted molar refractivity (Wildman–Crippen MR) is 74.2 cm³/mol. The molecule has 5 nitrogen and oxygen atoms in total. The lowest BCUT2D eigenvalue weighted by molar-refractivity contribution is 0.0556. The molecule has 1 heterocycles. The number of aromatic nitrogens is 1. The lowest BCUT2D eigenvalue weighted by Crippen LogP contribution is -2.45. The van der Waals surface area contributed by atoms with E-state index in [1.54, 1.807) is 13.1 Å². The molecule has 104 valence electrons. The maximum absolute atomic E-state index is 12.5. The van der Waals surface area contributed by atoms with E-state index in [4.69, 9.17) is 5.11 Å². The number of nitrogens with zero attached hydrogens (tertiary/aromatic N) is 2. The molecule has 2 rings (SSSR count). The van der Waals surface area contributed by atoms with Crippen molar-refractivity contribution in [2.75, 3.05) is 25.5 Å². The zero-order valence-electron chi connectivity index (χ0n) is 11.3. The molecular formula is C14H21N3O2. The summed E-state index contributed by atoms with van der Waals surface area (Å²) in [4.78, 5) is 18.7. The zero-order chi connectivity index (χ0) is 13.7. The van der Waals surface area contributed by atoms with Crippen molar-refractivity contribution in [1.82, 2.24) is 9.88 Å². The fourth-order valence-corrected chi connectivity index (χ4v) is 2.23. The van der Waals surface area contributed by atoms with Crippen LogP contribution in [0.2, 0.25) is 0 Å². The Kier molecular flexibility index (Phi) is 4.74. The summed E-state index contributed by atoms with van der Waals surface area (Å²) < 4.78 is 0. The van der Waals surface area contributed by atoms with E-state index >= 15 is 0 Å². The summed E-state index contributed by atoms with van der Waals surface area (Å²) in [6.07, 6.45) is 3.91. The number of nitrogens with one attached hydrogen (secondary N) is 1. The molecule has 0 saturated heterocycles. The Morgan fingerprint density at radius 3 is 2.89 bits per heavy atom. The highest BCUT2D eigenvalue weighted by Crippen LogP contribution is 2.26. The number of aliphatic hydroxyl groups excluding tert-OH is 1. The molecule has 0 aromatic carbocycles. The number of hydrogen-bond acceptors (Lipinski definition) is 4. The van der Waals surface area contributed by atoms with Gasteiger partial charge in [-0.2, -0.15) is 0 Å². The van der Waals surface area contributed by atoms with E-state index in [-0.39, 0.29) is 12.5 Å². The van der Waals surface area contributed by atoms with Gasteiger partial charge in [-0.15, -0.1) is 0 Å². The minimum atomic E-state index is -0.0322. The van der Waals surface area contributed by atoms with Crippen molar-refractivity contribution in [3.05, 3.63) is 23.9 Å². The third-order valence-electron chi connectivity index (χ3n) is 3.56. The van der Waals surface area contributed by atoms with Gasteiger partial charge >= 0.3 is 0 Å². The summed E-state index contributed by atoms with van der Waals surface area (Å²) in [5.41, 5.74) is 0.469. The number of hydrogen-bond donors (Lipinski definition) is 2. The third kappa shape index (κ3) is 3.23. The first-order valence-electron chi connectivity index (χ1n) is 6.83. The van der Waals surface area contributed by atoms with Crippen LogP contribution in [0.1, 0.15) is 36.2 Å². The zero-order valence-corrected chi connectivity index (χ0v) is 11.3. The van der Waals surface area contributed by atoms with Crippen LogP contribution in [0.3, 0.4) is 0 Å². The molecule has 0 spiro atoms. The highest BCUT2D eigenvalue weighted by atomic mass is 16.3. The summed E-state index contributed by atoms with van der Waals surface area (Å²) in [6.45, 7) is 0.714. The molecule has 0 atom stereocenters. The number of anilines is 1. The molecule has 19 heavy (non-hydrogen) atoms. The normalized spacial score (nSPS) is 14.8. The largest absolute Gasteiger partial charge is 0.396 e. The van der Waals surface area contributed by atoms with E-state index in [0.717, 1.165) is 12.8 Å². The van der Waals surface area contributed by atoms with Crippen LogP contribution in [0.4, 0.5) is 5.82 Å². The molecule has 1 aliphatic carbocycles. The molecule has 0 unspecified atom stereocenters. The first-order valence-corrected chi connectivity index (χ1v) is 6.83. The second kappa shape index (κ2) is 6.52. The van der Waals surface area contributed by atoms with Crippen LogP contribution in [0, 0.1) is 0 Å². The maximum atomic E-state index is 12.5. The molecule has 1 aliphatic rings. The number of carbonyl (C=O) groups is 1. The average molecular weight is 263 g/mol. The third-order valence-corrected chi connectivity index (χ3v) is 3.56. The Balaban J connectivity index is 2.12. The molecule has 1 fully saturated rings. The van der Waals surface area contributed by atoms with Crippen molar-refractivity contribution in [2.24, 2.45) is 0 Å². The van der Waals surface area contributed by atoms with Gasteiger partial charge in [0.2, 0.25) is 0 Å². The van der Waals surface area contributed by atoms with Gasteiger partial charge in [-0.25, -0.2) is 4.98 Å². The molecule has 1 aromatic heterocycles. The van der Waals surface area contributed by atoms with Crippen LogP contribution < -0.4 is 5.32 Å². The van der Waals surface area contributed by atoms with Crippen molar-refractivity contribution in [1.29, 1.82) is 0 Å². The fraction of sp³-hybridized carbons (Fsp3) is 0.571. The van der Waals surface area contributed by atoms with Gasteiger partial charge in [-0.3, -0.25) is 4.79 Å². The summed E-state index contributed by atoms with van der Waals surface area (Å²) in [5, 5.41) is 11.9. The average Bonchev–Trinajstić information content (AvgIpc) is 2.40. The molecule has 1 amide bonds. The minimum Gasteiger partial charge on any atom is -0.396 e. The van der Waals surface area contributed by atoms with Gasteiger partial charge in [0.15, 0.2) is 0 Å². The maximum Gasteiger partial charge on any atom is 0.272 e. The van der Waals surface area contributed by atoms with Crippen LogP contribution >= 0.6 is 0 Å². The molecule has 0 radical (unpaired) electrons. The van der Waals surface area contributed by atoms with Crippen LogP contribution in [-0.4, -0.2) is 47.1 Å². The first-order chi connectivity index (χ1) is 9.26. The number of pyridine rings is 1. The Morgan fingerprint density at radius 1 is 1.53 bits per heavy atom. The Hall–Kier alpha value is -1.62. The van der Waals surface area contributed by atoms with Gasteiger partial charge in [-0.1, -0.05) is 6.07 Å². The number of rotatable bonds is 6. The van der Waals surface area contributed by atoms with E-state index < -0.39 is 0 Å². The van der Waals surface area contributed by atoms with Crippen molar-refractivity contribution in [3.8, 4) is 0 Å². The smallest absolute Gasteiger partial charge is 0.272 e. The van der Waals surface area contributed by atoms with E-state index in [9.17, 15) is 4.79 Å². The van der Waals surface area contributed by atoms with Gasteiger partial charge in [0.1, 0.15) is 11.5 Å². The van der Waals surface area contributed by atoms with Gasteiger partial charge < -0.3 is 15.3 Å². The Morgan fingerprint density at radius 2 is 2.32 bits per heavy atom. The summed E-state index contributed by atoms with van der Waals surface area (Å²) >= 11 is 0. The summed E-state index contributed by atoms with van der Waals surface area (Å²) in [6, 6.07) is 5.72. The quantitative estimate of drug-likeness (QED) is 0.816. The van der Waals surface area contributed by atoms with E-state index in [1.807, 2.05) is 17.0 Å². The SMILES string of the molecule is CNc1cccc(C(=O)N(CCCO)C2CCC2)n1. The standard InChI is InChI=1S/C14H21N3O2/c1-15-13-8-3-7-12(16-13)14(19)17(9-4-10-18)11-5-2-6-11/h3,7-8,11,18H,2,4-6,9-10H2,1H3,(H,15,16). The Labute approximate surface area is 113 Å². The first kappa shape index (κ1) is 13.8. The minimum absolute atomic E-state index is 0.0322. The second-order valence-corrected chi connectivity index (χ2v) is 4.82. The van der Waals surface area contributed by atoms with E-state index in [1.165, 1.54) is 6.42 Å². The van der Waals surface area contributed by atoms with Gasteiger partial charge in [0.25, 0.3) is 5.91 Å². The Bertz CT molecular complexity index is 432. The van der Waals surface area contributed by atoms with Crippen LogP contribution in [0.25, 0.3) is 0 Å². The number of aliphatic hydroxyl groups is 1. The molecule has 0 aliphatic heterocycles. The van der Waals surface area contributed by atoms with E-state index in [0.29, 0.717) is 30.5 Å². The van der Waals surface area contributed by atoms with Crippen molar-refractivity contribution in [2.45, 2.75) is 31.7 Å².